The van der Waals surface area contributed by atoms with E-state index >= 15 is 0 Å². The van der Waals surface area contributed by atoms with Crippen LogP contribution in [0.15, 0.2) is 18.3 Å². The summed E-state index contributed by atoms with van der Waals surface area (Å²) in [5.74, 6) is 0.618. The van der Waals surface area contributed by atoms with E-state index in [4.69, 9.17) is 0 Å². The molecule has 0 aliphatic heterocycles. The van der Waals surface area contributed by atoms with E-state index in [9.17, 15) is 0 Å². The predicted molar refractivity (Wildman–Crippen MR) is 82.0 cm³/mol. The van der Waals surface area contributed by atoms with Gasteiger partial charge in [0.1, 0.15) is 5.01 Å². The molecular weight excluding hydrogens is 268 g/mol. The van der Waals surface area contributed by atoms with Crippen LogP contribution in [0.5, 0.6) is 0 Å². The molecule has 1 aliphatic rings. The van der Waals surface area contributed by atoms with E-state index in [-0.39, 0.29) is 6.04 Å². The molecule has 0 saturated heterocycles. The number of pyridine rings is 1. The lowest BCUT2D eigenvalue weighted by Gasteiger charge is -2.24. The van der Waals surface area contributed by atoms with Gasteiger partial charge >= 0.3 is 0 Å². The molecule has 1 unspecified atom stereocenters. The van der Waals surface area contributed by atoms with Crippen molar-refractivity contribution < 1.29 is 0 Å². The Bertz CT molecular complexity index is 579. The fourth-order valence-electron chi connectivity index (χ4n) is 2.64. The van der Waals surface area contributed by atoms with Gasteiger partial charge in [0, 0.05) is 12.6 Å². The zero-order valence-corrected chi connectivity index (χ0v) is 12.8. The average Bonchev–Trinajstić information content (AvgIpc) is 2.86. The Labute approximate surface area is 123 Å². The van der Waals surface area contributed by atoms with E-state index in [0.29, 0.717) is 5.92 Å². The molecule has 0 aromatic carbocycles. The van der Waals surface area contributed by atoms with Gasteiger partial charge in [-0.3, -0.25) is 4.98 Å². The van der Waals surface area contributed by atoms with Crippen molar-refractivity contribution in [3.05, 3.63) is 34.6 Å². The molecule has 1 atom stereocenters. The van der Waals surface area contributed by atoms with Gasteiger partial charge in [0.15, 0.2) is 0 Å². The quantitative estimate of drug-likeness (QED) is 0.933. The van der Waals surface area contributed by atoms with Crippen molar-refractivity contribution in [3.8, 4) is 0 Å². The first-order valence-electron chi connectivity index (χ1n) is 7.25. The molecule has 0 amide bonds. The summed E-state index contributed by atoms with van der Waals surface area (Å²) in [6.45, 7) is 4.41. The van der Waals surface area contributed by atoms with Crippen LogP contribution in [-0.4, -0.2) is 15.2 Å². The van der Waals surface area contributed by atoms with Crippen LogP contribution >= 0.6 is 11.3 Å². The van der Waals surface area contributed by atoms with E-state index in [1.165, 1.54) is 17.7 Å². The third-order valence-electron chi connectivity index (χ3n) is 3.54. The number of aryl methyl sites for hydroxylation is 1. The fourth-order valence-corrected chi connectivity index (χ4v) is 3.65. The lowest BCUT2D eigenvalue weighted by molar-refractivity contribution is 0.582. The van der Waals surface area contributed by atoms with Crippen LogP contribution in [0, 0.1) is 5.92 Å². The Morgan fingerprint density at radius 2 is 2.30 bits per heavy atom. The number of nitrogens with zero attached hydrogens (tertiary/aromatic N) is 3. The minimum absolute atomic E-state index is 0.278. The van der Waals surface area contributed by atoms with Crippen LogP contribution in [-0.2, 0) is 12.8 Å². The normalized spacial score (nSPS) is 18.1. The Morgan fingerprint density at radius 3 is 3.15 bits per heavy atom. The van der Waals surface area contributed by atoms with Crippen molar-refractivity contribution in [1.82, 2.24) is 15.2 Å². The highest BCUT2D eigenvalue weighted by Crippen LogP contribution is 2.31. The summed E-state index contributed by atoms with van der Waals surface area (Å²) < 4.78 is 0. The van der Waals surface area contributed by atoms with Crippen molar-refractivity contribution >= 4 is 16.5 Å². The molecule has 0 fully saturated rings. The first-order valence-corrected chi connectivity index (χ1v) is 8.06. The van der Waals surface area contributed by atoms with Gasteiger partial charge in [0.05, 0.1) is 11.7 Å². The van der Waals surface area contributed by atoms with Crippen LogP contribution in [0.4, 0.5) is 5.13 Å². The van der Waals surface area contributed by atoms with Gasteiger partial charge in [-0.15, -0.1) is 10.2 Å². The maximum Gasteiger partial charge on any atom is 0.206 e. The Morgan fingerprint density at radius 1 is 1.40 bits per heavy atom. The SMILES string of the molecule is CC(C)Cc1nnc(NC2CCCc3cccnc32)s1. The molecule has 20 heavy (non-hydrogen) atoms. The maximum absolute atomic E-state index is 4.55. The van der Waals surface area contributed by atoms with Crippen LogP contribution in [0.2, 0.25) is 0 Å². The number of rotatable bonds is 4. The number of anilines is 1. The Balaban J connectivity index is 1.74. The number of hydrogen-bond acceptors (Lipinski definition) is 5. The van der Waals surface area contributed by atoms with E-state index in [1.54, 1.807) is 11.3 Å². The topological polar surface area (TPSA) is 50.7 Å². The van der Waals surface area contributed by atoms with E-state index in [1.807, 2.05) is 12.3 Å². The molecule has 0 saturated carbocycles. The molecule has 2 heterocycles. The summed E-state index contributed by atoms with van der Waals surface area (Å²) in [6.07, 6.45) is 6.33. The third-order valence-corrected chi connectivity index (χ3v) is 4.42. The zero-order valence-electron chi connectivity index (χ0n) is 12.0. The largest absolute Gasteiger partial charge is 0.352 e. The minimum atomic E-state index is 0.278. The van der Waals surface area contributed by atoms with Gasteiger partial charge in [0.2, 0.25) is 5.13 Å². The second kappa shape index (κ2) is 5.87. The highest BCUT2D eigenvalue weighted by atomic mass is 32.1. The lowest BCUT2D eigenvalue weighted by atomic mass is 9.92. The lowest BCUT2D eigenvalue weighted by Crippen LogP contribution is -2.18. The molecule has 2 aromatic heterocycles. The van der Waals surface area contributed by atoms with Crippen molar-refractivity contribution in [2.45, 2.75) is 45.6 Å². The third kappa shape index (κ3) is 2.98. The van der Waals surface area contributed by atoms with Gasteiger partial charge in [0.25, 0.3) is 0 Å². The molecule has 2 aromatic rings. The summed E-state index contributed by atoms with van der Waals surface area (Å²) in [5, 5.41) is 14.1. The summed E-state index contributed by atoms with van der Waals surface area (Å²) in [5.41, 5.74) is 2.54. The number of hydrogen-bond donors (Lipinski definition) is 1. The van der Waals surface area contributed by atoms with Gasteiger partial charge in [-0.1, -0.05) is 31.3 Å². The predicted octanol–water partition coefficient (Wildman–Crippen LogP) is 3.62. The highest BCUT2D eigenvalue weighted by molar-refractivity contribution is 7.15. The van der Waals surface area contributed by atoms with Gasteiger partial charge in [-0.2, -0.15) is 0 Å². The second-order valence-corrected chi connectivity index (χ2v) is 6.80. The molecule has 5 heteroatoms. The summed E-state index contributed by atoms with van der Waals surface area (Å²) in [7, 11) is 0. The van der Waals surface area contributed by atoms with Crippen molar-refractivity contribution in [3.63, 3.8) is 0 Å². The van der Waals surface area contributed by atoms with Crippen LogP contribution < -0.4 is 5.32 Å². The first-order chi connectivity index (χ1) is 9.72. The monoisotopic (exact) mass is 288 g/mol. The average molecular weight is 288 g/mol. The van der Waals surface area contributed by atoms with E-state index in [2.05, 4.69) is 40.4 Å². The maximum atomic E-state index is 4.55. The molecule has 0 bridgehead atoms. The molecule has 106 valence electrons. The molecule has 0 radical (unpaired) electrons. The van der Waals surface area contributed by atoms with Gasteiger partial charge in [-0.05, 0) is 36.8 Å². The molecule has 3 rings (SSSR count). The number of fused-ring (bicyclic) bond motifs is 1. The summed E-state index contributed by atoms with van der Waals surface area (Å²) in [4.78, 5) is 4.55. The molecule has 4 nitrogen and oxygen atoms in total. The molecule has 1 aliphatic carbocycles. The summed E-state index contributed by atoms with van der Waals surface area (Å²) in [6, 6.07) is 4.48. The minimum Gasteiger partial charge on any atom is -0.352 e. The Hall–Kier alpha value is -1.49. The molecular formula is C15H20N4S. The van der Waals surface area contributed by atoms with Gasteiger partial charge < -0.3 is 5.32 Å². The second-order valence-electron chi connectivity index (χ2n) is 5.74. The van der Waals surface area contributed by atoms with Crippen molar-refractivity contribution in [2.75, 3.05) is 5.32 Å². The van der Waals surface area contributed by atoms with Crippen molar-refractivity contribution in [2.24, 2.45) is 5.92 Å². The molecule has 0 spiro atoms. The smallest absolute Gasteiger partial charge is 0.206 e. The van der Waals surface area contributed by atoms with E-state index in [0.717, 1.165) is 29.4 Å². The highest BCUT2D eigenvalue weighted by Gasteiger charge is 2.22. The fraction of sp³-hybridized carbons (Fsp3) is 0.533. The molecule has 1 N–H and O–H groups in total. The standard InChI is InChI=1S/C15H20N4S/c1-10(2)9-13-18-19-15(20-13)17-12-7-3-5-11-6-4-8-16-14(11)12/h4,6,8,10,12H,3,5,7,9H2,1-2H3,(H,17,19). The van der Waals surface area contributed by atoms with Crippen LogP contribution in [0.25, 0.3) is 0 Å². The summed E-state index contributed by atoms with van der Waals surface area (Å²) >= 11 is 1.67. The number of aromatic nitrogens is 3. The van der Waals surface area contributed by atoms with E-state index < -0.39 is 0 Å². The Kier molecular flexibility index (Phi) is 3.96. The zero-order chi connectivity index (χ0) is 13.9. The van der Waals surface area contributed by atoms with Crippen LogP contribution in [0.1, 0.15) is 49.0 Å². The first kappa shape index (κ1) is 13.5. The van der Waals surface area contributed by atoms with Gasteiger partial charge in [-0.25, -0.2) is 0 Å². The van der Waals surface area contributed by atoms with Crippen molar-refractivity contribution in [1.29, 1.82) is 0 Å². The van der Waals surface area contributed by atoms with Crippen LogP contribution in [0.3, 0.4) is 0 Å². The number of nitrogens with one attached hydrogen (secondary N) is 1.